The number of aliphatic carboxylic acids is 1. The van der Waals surface area contributed by atoms with Crippen LogP contribution in [0.2, 0.25) is 0 Å². The Labute approximate surface area is 144 Å². The van der Waals surface area contributed by atoms with E-state index < -0.39 is 17.4 Å². The van der Waals surface area contributed by atoms with Crippen molar-refractivity contribution in [3.05, 3.63) is 23.8 Å². The third-order valence-corrected chi connectivity index (χ3v) is 5.60. The summed E-state index contributed by atoms with van der Waals surface area (Å²) < 4.78 is 5.09. The van der Waals surface area contributed by atoms with Crippen LogP contribution < -0.4 is 4.74 Å². The Morgan fingerprint density at radius 1 is 1.52 bits per heavy atom. The summed E-state index contributed by atoms with van der Waals surface area (Å²) in [4.78, 5) is 25.5. The first kappa shape index (κ1) is 17.8. The van der Waals surface area contributed by atoms with Gasteiger partial charge in [-0.05, 0) is 17.7 Å². The number of amides is 1. The monoisotopic (exact) mass is 357 g/mol. The van der Waals surface area contributed by atoms with Gasteiger partial charge in [-0.3, -0.25) is 4.79 Å². The number of thiol groups is 1. The Morgan fingerprint density at radius 2 is 2.22 bits per heavy atom. The number of carboxylic acids is 1. The summed E-state index contributed by atoms with van der Waals surface area (Å²) in [5, 5.41) is 18.7. The fourth-order valence-electron chi connectivity index (χ4n) is 2.40. The van der Waals surface area contributed by atoms with Crippen LogP contribution in [-0.2, 0) is 9.59 Å². The van der Waals surface area contributed by atoms with Gasteiger partial charge in [0, 0.05) is 17.4 Å². The highest BCUT2D eigenvalue weighted by Gasteiger charge is 2.43. The standard InChI is InChI=1S/C15H19NO5S2/c1-8(6-22)13(18)16-10(15(19)20)7-23-14(16)9-3-4-11(17)12(5-9)21-2/h3-5,8,10,14,17,22H,6-7H2,1-2H3,(H,19,20)/t8-,10+,14?/m1/s1. The molecule has 23 heavy (non-hydrogen) atoms. The Hall–Kier alpha value is -1.54. The molecule has 8 heteroatoms. The average Bonchev–Trinajstić information content (AvgIpc) is 2.98. The van der Waals surface area contributed by atoms with Crippen LogP contribution in [0.5, 0.6) is 11.5 Å². The number of aromatic hydroxyl groups is 1. The Morgan fingerprint density at radius 3 is 2.78 bits per heavy atom. The maximum Gasteiger partial charge on any atom is 0.327 e. The topological polar surface area (TPSA) is 87.1 Å². The van der Waals surface area contributed by atoms with Crippen LogP contribution in [0.4, 0.5) is 0 Å². The molecule has 1 aromatic carbocycles. The van der Waals surface area contributed by atoms with Gasteiger partial charge >= 0.3 is 5.97 Å². The summed E-state index contributed by atoms with van der Waals surface area (Å²) in [6, 6.07) is 3.90. The first-order chi connectivity index (χ1) is 10.9. The zero-order valence-corrected chi connectivity index (χ0v) is 14.5. The first-order valence-electron chi connectivity index (χ1n) is 7.05. The summed E-state index contributed by atoms with van der Waals surface area (Å²) in [5.74, 6) is -0.695. The van der Waals surface area contributed by atoms with E-state index in [4.69, 9.17) is 4.74 Å². The van der Waals surface area contributed by atoms with E-state index in [1.54, 1.807) is 19.1 Å². The molecule has 0 saturated carbocycles. The zero-order valence-electron chi connectivity index (χ0n) is 12.8. The minimum absolute atomic E-state index is 0.00404. The molecule has 1 amide bonds. The summed E-state index contributed by atoms with van der Waals surface area (Å²) in [7, 11) is 1.44. The number of hydrogen-bond acceptors (Lipinski definition) is 6. The maximum atomic E-state index is 12.6. The molecule has 126 valence electrons. The molecule has 1 unspecified atom stereocenters. The molecule has 0 spiro atoms. The first-order valence-corrected chi connectivity index (χ1v) is 8.73. The lowest BCUT2D eigenvalue weighted by molar-refractivity contribution is -0.150. The molecule has 6 nitrogen and oxygen atoms in total. The van der Waals surface area contributed by atoms with Gasteiger partial charge in [-0.15, -0.1) is 11.8 Å². The van der Waals surface area contributed by atoms with Gasteiger partial charge in [-0.25, -0.2) is 4.79 Å². The summed E-state index contributed by atoms with van der Waals surface area (Å²) >= 11 is 5.52. The van der Waals surface area contributed by atoms with Crippen molar-refractivity contribution in [3.8, 4) is 11.5 Å². The van der Waals surface area contributed by atoms with Crippen LogP contribution in [-0.4, -0.2) is 51.6 Å². The van der Waals surface area contributed by atoms with E-state index in [2.05, 4.69) is 12.6 Å². The molecule has 1 saturated heterocycles. The molecule has 0 radical (unpaired) electrons. The Bertz CT molecular complexity index is 610. The number of rotatable bonds is 5. The fourth-order valence-corrected chi connectivity index (χ4v) is 3.98. The van der Waals surface area contributed by atoms with Crippen LogP contribution >= 0.6 is 24.4 Å². The van der Waals surface area contributed by atoms with Crippen LogP contribution in [0.25, 0.3) is 0 Å². The molecular formula is C15H19NO5S2. The van der Waals surface area contributed by atoms with Gasteiger partial charge in [0.05, 0.1) is 7.11 Å². The average molecular weight is 357 g/mol. The lowest BCUT2D eigenvalue weighted by atomic mass is 10.1. The van der Waals surface area contributed by atoms with Crippen molar-refractivity contribution in [3.63, 3.8) is 0 Å². The Balaban J connectivity index is 2.39. The number of methoxy groups -OCH3 is 1. The molecule has 0 bridgehead atoms. The van der Waals surface area contributed by atoms with Crippen molar-refractivity contribution in [2.24, 2.45) is 5.92 Å². The number of phenols is 1. The number of nitrogens with zero attached hydrogens (tertiary/aromatic N) is 1. The molecule has 1 aliphatic heterocycles. The quantitative estimate of drug-likeness (QED) is 0.699. The SMILES string of the molecule is COc1cc(C2SC[C@@H](C(=O)O)N2C(=O)[C@H](C)CS)ccc1O. The smallest absolute Gasteiger partial charge is 0.327 e. The predicted molar refractivity (Wildman–Crippen MR) is 91.1 cm³/mol. The van der Waals surface area contributed by atoms with Crippen molar-refractivity contribution < 1.29 is 24.5 Å². The van der Waals surface area contributed by atoms with Crippen LogP contribution in [0.1, 0.15) is 17.9 Å². The Kier molecular flexibility index (Phi) is 5.69. The second-order valence-corrected chi connectivity index (χ2v) is 6.78. The summed E-state index contributed by atoms with van der Waals surface area (Å²) in [6.07, 6.45) is 0. The van der Waals surface area contributed by atoms with E-state index in [9.17, 15) is 19.8 Å². The van der Waals surface area contributed by atoms with Crippen molar-refractivity contribution >= 4 is 36.3 Å². The fraction of sp³-hybridized carbons (Fsp3) is 0.467. The normalized spacial score (nSPS) is 22.0. The number of hydrogen-bond donors (Lipinski definition) is 3. The number of ether oxygens (including phenoxy) is 1. The van der Waals surface area contributed by atoms with Crippen LogP contribution in [0.3, 0.4) is 0 Å². The number of thioether (sulfide) groups is 1. The molecule has 1 aliphatic rings. The number of benzene rings is 1. The van der Waals surface area contributed by atoms with E-state index in [0.717, 1.165) is 0 Å². The molecule has 2 rings (SSSR count). The maximum absolute atomic E-state index is 12.6. The molecule has 1 fully saturated rings. The number of carbonyl (C=O) groups is 2. The van der Waals surface area contributed by atoms with Crippen molar-refractivity contribution in [1.82, 2.24) is 4.90 Å². The molecule has 1 heterocycles. The van der Waals surface area contributed by atoms with Gasteiger partial charge in [0.1, 0.15) is 11.4 Å². The van der Waals surface area contributed by atoms with Crippen molar-refractivity contribution in [1.29, 1.82) is 0 Å². The third kappa shape index (κ3) is 3.53. The van der Waals surface area contributed by atoms with Crippen molar-refractivity contribution in [2.75, 3.05) is 18.6 Å². The highest BCUT2D eigenvalue weighted by atomic mass is 32.2. The highest BCUT2D eigenvalue weighted by Crippen LogP contribution is 2.44. The van der Waals surface area contributed by atoms with E-state index in [1.165, 1.54) is 29.8 Å². The number of phenolic OH excluding ortho intramolecular Hbond substituents is 1. The van der Waals surface area contributed by atoms with Gasteiger partial charge in [-0.1, -0.05) is 13.0 Å². The molecule has 1 aromatic rings. The van der Waals surface area contributed by atoms with Crippen LogP contribution in [0, 0.1) is 5.92 Å². The van der Waals surface area contributed by atoms with Crippen molar-refractivity contribution in [2.45, 2.75) is 18.3 Å². The predicted octanol–water partition coefficient (Wildman–Crippen LogP) is 1.99. The van der Waals surface area contributed by atoms with Gasteiger partial charge in [0.25, 0.3) is 0 Å². The van der Waals surface area contributed by atoms with E-state index in [1.807, 2.05) is 0 Å². The molecule has 2 N–H and O–H groups in total. The molecule has 0 aliphatic carbocycles. The highest BCUT2D eigenvalue weighted by molar-refractivity contribution is 7.99. The van der Waals surface area contributed by atoms with E-state index in [-0.39, 0.29) is 23.3 Å². The zero-order chi connectivity index (χ0) is 17.1. The molecule has 0 aromatic heterocycles. The van der Waals surface area contributed by atoms with Crippen LogP contribution in [0.15, 0.2) is 18.2 Å². The summed E-state index contributed by atoms with van der Waals surface area (Å²) in [6.45, 7) is 1.73. The van der Waals surface area contributed by atoms with Gasteiger partial charge in [-0.2, -0.15) is 12.6 Å². The lowest BCUT2D eigenvalue weighted by Crippen LogP contribution is -2.45. The van der Waals surface area contributed by atoms with Gasteiger partial charge in [0.15, 0.2) is 11.5 Å². The molecular weight excluding hydrogens is 338 g/mol. The summed E-state index contributed by atoms with van der Waals surface area (Å²) in [5.41, 5.74) is 0.716. The second-order valence-electron chi connectivity index (χ2n) is 5.30. The van der Waals surface area contributed by atoms with Gasteiger partial charge < -0.3 is 19.8 Å². The van der Waals surface area contributed by atoms with E-state index >= 15 is 0 Å². The van der Waals surface area contributed by atoms with E-state index in [0.29, 0.717) is 17.1 Å². The number of carbonyl (C=O) groups excluding carboxylic acids is 1. The lowest BCUT2D eigenvalue weighted by Gasteiger charge is -2.30. The minimum Gasteiger partial charge on any atom is -0.504 e. The minimum atomic E-state index is -1.02. The third-order valence-electron chi connectivity index (χ3n) is 3.72. The largest absolute Gasteiger partial charge is 0.504 e. The number of carboxylic acid groups (broad SMARTS) is 1. The van der Waals surface area contributed by atoms with Gasteiger partial charge in [0.2, 0.25) is 5.91 Å². The second kappa shape index (κ2) is 7.35. The molecule has 3 atom stereocenters.